The molecule has 1 aromatic carbocycles. The number of benzene rings is 1. The van der Waals surface area contributed by atoms with E-state index in [1.54, 1.807) is 25.5 Å². The van der Waals surface area contributed by atoms with Gasteiger partial charge in [0.25, 0.3) is 0 Å². The first-order chi connectivity index (χ1) is 8.79. The summed E-state index contributed by atoms with van der Waals surface area (Å²) in [6.07, 6.45) is 1.57. The Bertz CT molecular complexity index is 499. The van der Waals surface area contributed by atoms with Crippen LogP contribution in [0.1, 0.15) is 5.69 Å². The molecular formula is C13H15FN2O2. The summed E-state index contributed by atoms with van der Waals surface area (Å²) < 4.78 is 23.3. The quantitative estimate of drug-likeness (QED) is 0.798. The summed E-state index contributed by atoms with van der Waals surface area (Å²) in [5.41, 5.74) is 1.42. The highest BCUT2D eigenvalue weighted by Gasteiger charge is 2.06. The zero-order chi connectivity index (χ0) is 12.8. The summed E-state index contributed by atoms with van der Waals surface area (Å²) in [6.45, 7) is 2.00. The van der Waals surface area contributed by atoms with Gasteiger partial charge in [0, 0.05) is 25.8 Å². The first-order valence-electron chi connectivity index (χ1n) is 5.69. The van der Waals surface area contributed by atoms with Crippen LogP contribution >= 0.6 is 0 Å². The lowest BCUT2D eigenvalue weighted by molar-refractivity contribution is 0.199. The van der Waals surface area contributed by atoms with Crippen molar-refractivity contribution in [3.8, 4) is 11.5 Å². The van der Waals surface area contributed by atoms with E-state index in [4.69, 9.17) is 9.15 Å². The van der Waals surface area contributed by atoms with E-state index in [2.05, 4.69) is 10.3 Å². The number of methoxy groups -OCH3 is 1. The third kappa shape index (κ3) is 3.38. The fourth-order valence-corrected chi connectivity index (χ4v) is 1.53. The largest absolute Gasteiger partial charge is 0.444 e. The molecule has 0 spiro atoms. The van der Waals surface area contributed by atoms with Crippen LogP contribution in [-0.4, -0.2) is 25.2 Å². The summed E-state index contributed by atoms with van der Waals surface area (Å²) in [6, 6.07) is 6.18. The summed E-state index contributed by atoms with van der Waals surface area (Å²) in [5.74, 6) is 0.128. The van der Waals surface area contributed by atoms with Crippen molar-refractivity contribution in [1.82, 2.24) is 10.3 Å². The molecule has 1 heterocycles. The normalized spacial score (nSPS) is 10.8. The molecule has 2 aromatic rings. The van der Waals surface area contributed by atoms with Gasteiger partial charge in [-0.05, 0) is 18.2 Å². The molecule has 0 radical (unpaired) electrons. The zero-order valence-electron chi connectivity index (χ0n) is 10.1. The van der Waals surface area contributed by atoms with Gasteiger partial charge in [-0.25, -0.2) is 9.37 Å². The van der Waals surface area contributed by atoms with Crippen LogP contribution in [-0.2, 0) is 11.3 Å². The number of hydrogen-bond acceptors (Lipinski definition) is 4. The highest BCUT2D eigenvalue weighted by molar-refractivity contribution is 5.52. The molecule has 4 nitrogen and oxygen atoms in total. The van der Waals surface area contributed by atoms with Gasteiger partial charge in [0.1, 0.15) is 12.1 Å². The lowest BCUT2D eigenvalue weighted by Gasteiger charge is -1.99. The number of oxazole rings is 1. The maximum atomic E-state index is 13.1. The van der Waals surface area contributed by atoms with Crippen molar-refractivity contribution >= 4 is 0 Å². The van der Waals surface area contributed by atoms with Gasteiger partial charge in [0.2, 0.25) is 5.89 Å². The molecule has 1 aromatic heterocycles. The molecule has 0 fully saturated rings. The second kappa shape index (κ2) is 6.28. The molecule has 0 aliphatic rings. The molecule has 0 saturated heterocycles. The number of aromatic nitrogens is 1. The molecule has 0 amide bonds. The Morgan fingerprint density at radius 2 is 2.33 bits per heavy atom. The Morgan fingerprint density at radius 1 is 1.44 bits per heavy atom. The van der Waals surface area contributed by atoms with Crippen LogP contribution in [0.25, 0.3) is 11.5 Å². The Morgan fingerprint density at radius 3 is 3.11 bits per heavy atom. The van der Waals surface area contributed by atoms with E-state index in [0.29, 0.717) is 24.6 Å². The van der Waals surface area contributed by atoms with Gasteiger partial charge in [0.05, 0.1) is 12.3 Å². The number of hydrogen-bond donors (Lipinski definition) is 1. The molecule has 0 unspecified atom stereocenters. The predicted molar refractivity (Wildman–Crippen MR) is 65.5 cm³/mol. The van der Waals surface area contributed by atoms with Crippen molar-refractivity contribution in [1.29, 1.82) is 0 Å². The highest BCUT2D eigenvalue weighted by atomic mass is 19.1. The molecule has 0 aliphatic carbocycles. The molecule has 18 heavy (non-hydrogen) atoms. The average Bonchev–Trinajstić information content (AvgIpc) is 2.83. The molecular weight excluding hydrogens is 235 g/mol. The van der Waals surface area contributed by atoms with Crippen LogP contribution in [0, 0.1) is 5.82 Å². The topological polar surface area (TPSA) is 47.3 Å². The van der Waals surface area contributed by atoms with E-state index in [0.717, 1.165) is 12.2 Å². The van der Waals surface area contributed by atoms with Crippen LogP contribution in [0.4, 0.5) is 4.39 Å². The van der Waals surface area contributed by atoms with Crippen LogP contribution in [0.2, 0.25) is 0 Å². The lowest BCUT2D eigenvalue weighted by Crippen LogP contribution is -2.18. The van der Waals surface area contributed by atoms with Gasteiger partial charge < -0.3 is 14.5 Å². The first kappa shape index (κ1) is 12.7. The SMILES string of the molecule is COCCNCc1coc(-c2cccc(F)c2)n1. The molecule has 0 atom stereocenters. The van der Waals surface area contributed by atoms with E-state index < -0.39 is 0 Å². The minimum atomic E-state index is -0.300. The average molecular weight is 250 g/mol. The van der Waals surface area contributed by atoms with Crippen molar-refractivity contribution in [2.24, 2.45) is 0 Å². The fourth-order valence-electron chi connectivity index (χ4n) is 1.53. The molecule has 1 N–H and O–H groups in total. The number of nitrogens with zero attached hydrogens (tertiary/aromatic N) is 1. The van der Waals surface area contributed by atoms with Crippen LogP contribution < -0.4 is 5.32 Å². The van der Waals surface area contributed by atoms with Crippen LogP contribution in [0.3, 0.4) is 0 Å². The van der Waals surface area contributed by atoms with Crippen LogP contribution in [0.15, 0.2) is 34.9 Å². The number of nitrogens with one attached hydrogen (secondary N) is 1. The first-order valence-corrected chi connectivity index (χ1v) is 5.69. The smallest absolute Gasteiger partial charge is 0.226 e. The Kier molecular flexibility index (Phi) is 4.44. The van der Waals surface area contributed by atoms with E-state index >= 15 is 0 Å². The highest BCUT2D eigenvalue weighted by Crippen LogP contribution is 2.19. The second-order valence-electron chi connectivity index (χ2n) is 3.82. The number of ether oxygens (including phenoxy) is 1. The summed E-state index contributed by atoms with van der Waals surface area (Å²) >= 11 is 0. The summed E-state index contributed by atoms with van der Waals surface area (Å²) in [5, 5.41) is 3.16. The maximum Gasteiger partial charge on any atom is 0.226 e. The van der Waals surface area contributed by atoms with Gasteiger partial charge in [-0.3, -0.25) is 0 Å². The standard InChI is InChI=1S/C13H15FN2O2/c1-17-6-5-15-8-12-9-18-13(16-12)10-3-2-4-11(14)7-10/h2-4,7,9,15H,5-6,8H2,1H3. The van der Waals surface area contributed by atoms with Gasteiger partial charge in [-0.2, -0.15) is 0 Å². The van der Waals surface area contributed by atoms with Gasteiger partial charge in [-0.15, -0.1) is 0 Å². The third-order valence-electron chi connectivity index (χ3n) is 2.41. The van der Waals surface area contributed by atoms with E-state index in [9.17, 15) is 4.39 Å². The Hall–Kier alpha value is -1.72. The summed E-state index contributed by atoms with van der Waals surface area (Å²) in [4.78, 5) is 4.28. The molecule has 96 valence electrons. The van der Waals surface area contributed by atoms with E-state index in [-0.39, 0.29) is 5.82 Å². The molecule has 2 rings (SSSR count). The van der Waals surface area contributed by atoms with Crippen molar-refractivity contribution in [3.63, 3.8) is 0 Å². The van der Waals surface area contributed by atoms with Crippen molar-refractivity contribution in [2.75, 3.05) is 20.3 Å². The molecule has 0 bridgehead atoms. The monoisotopic (exact) mass is 250 g/mol. The number of halogens is 1. The molecule has 0 saturated carbocycles. The summed E-state index contributed by atoms with van der Waals surface area (Å²) in [7, 11) is 1.65. The Labute approximate surface area is 105 Å². The minimum Gasteiger partial charge on any atom is -0.444 e. The van der Waals surface area contributed by atoms with Gasteiger partial charge in [0.15, 0.2) is 0 Å². The maximum absolute atomic E-state index is 13.1. The van der Waals surface area contributed by atoms with Gasteiger partial charge in [-0.1, -0.05) is 6.07 Å². The predicted octanol–water partition coefficient (Wildman–Crippen LogP) is 2.22. The van der Waals surface area contributed by atoms with Crippen molar-refractivity contribution < 1.29 is 13.5 Å². The molecule has 0 aliphatic heterocycles. The van der Waals surface area contributed by atoms with E-state index in [1.807, 2.05) is 0 Å². The van der Waals surface area contributed by atoms with E-state index in [1.165, 1.54) is 12.1 Å². The second-order valence-corrected chi connectivity index (χ2v) is 3.82. The zero-order valence-corrected chi connectivity index (χ0v) is 10.1. The van der Waals surface area contributed by atoms with Crippen molar-refractivity contribution in [3.05, 3.63) is 42.0 Å². The number of rotatable bonds is 6. The van der Waals surface area contributed by atoms with Gasteiger partial charge >= 0.3 is 0 Å². The third-order valence-corrected chi connectivity index (χ3v) is 2.41. The Balaban J connectivity index is 1.97. The van der Waals surface area contributed by atoms with Crippen molar-refractivity contribution in [2.45, 2.75) is 6.54 Å². The lowest BCUT2D eigenvalue weighted by atomic mass is 10.2. The van der Waals surface area contributed by atoms with Crippen LogP contribution in [0.5, 0.6) is 0 Å². The fraction of sp³-hybridized carbons (Fsp3) is 0.308. The molecule has 5 heteroatoms. The minimum absolute atomic E-state index is 0.300.